The molecule has 1 aromatic heterocycles. The number of hydrogen-bond acceptors (Lipinski definition) is 3. The van der Waals surface area contributed by atoms with E-state index in [0.29, 0.717) is 35.7 Å². The molecule has 1 unspecified atom stereocenters. The number of rotatable bonds is 4. The Balaban J connectivity index is 1.20. The summed E-state index contributed by atoms with van der Waals surface area (Å²) in [5, 5.41) is 5.15. The van der Waals surface area contributed by atoms with Gasteiger partial charge < -0.3 is 10.2 Å². The lowest BCUT2D eigenvalue weighted by molar-refractivity contribution is -0.125. The number of thiophene rings is 1. The molecule has 5 heteroatoms. The second kappa shape index (κ2) is 7.89. The lowest BCUT2D eigenvalue weighted by atomic mass is 9.59. The van der Waals surface area contributed by atoms with E-state index in [9.17, 15) is 9.59 Å². The van der Waals surface area contributed by atoms with Crippen molar-refractivity contribution in [2.45, 2.75) is 37.1 Å². The summed E-state index contributed by atoms with van der Waals surface area (Å²) in [5.41, 5.74) is 5.72. The molecule has 3 aromatic rings. The van der Waals surface area contributed by atoms with Gasteiger partial charge in [-0.05, 0) is 58.9 Å². The van der Waals surface area contributed by atoms with Gasteiger partial charge in [-0.2, -0.15) is 0 Å². The lowest BCUT2D eigenvalue weighted by Gasteiger charge is -2.45. The maximum Gasteiger partial charge on any atom is 0.264 e. The molecule has 162 valence electrons. The molecular formula is C27H26N2O2S. The Morgan fingerprint density at radius 1 is 0.938 bits per heavy atom. The van der Waals surface area contributed by atoms with Crippen molar-refractivity contribution in [1.29, 1.82) is 0 Å². The number of carbonyl (C=O) groups excluding carboxylic acids is 2. The van der Waals surface area contributed by atoms with E-state index in [0.717, 1.165) is 19.3 Å². The van der Waals surface area contributed by atoms with Crippen LogP contribution in [-0.4, -0.2) is 35.8 Å². The van der Waals surface area contributed by atoms with Crippen molar-refractivity contribution in [2.75, 3.05) is 13.1 Å². The number of amides is 2. The van der Waals surface area contributed by atoms with Crippen LogP contribution in [-0.2, 0) is 4.79 Å². The fraction of sp³-hybridized carbons (Fsp3) is 0.333. The standard InChI is InChI=1S/C27H26N2O2S/c30-26(23-11-5-13-29(23)27(31)24-12-6-14-32-24)28-16-17-15-22-18-7-1-3-9-20(18)25(17)21-10-4-2-8-19(21)22/h1-4,6-10,12,14,17,22-23,25H,5,11,13,15-16H2,(H,28,30)/t17?,22?,23-,25?/m0/s1. The summed E-state index contributed by atoms with van der Waals surface area (Å²) >= 11 is 1.44. The van der Waals surface area contributed by atoms with E-state index in [1.165, 1.54) is 33.6 Å². The fourth-order valence-corrected chi connectivity index (χ4v) is 6.81. The zero-order valence-electron chi connectivity index (χ0n) is 17.9. The van der Waals surface area contributed by atoms with Gasteiger partial charge in [-0.3, -0.25) is 9.59 Å². The van der Waals surface area contributed by atoms with Crippen molar-refractivity contribution < 1.29 is 9.59 Å². The van der Waals surface area contributed by atoms with Crippen LogP contribution in [0.5, 0.6) is 0 Å². The van der Waals surface area contributed by atoms with Crippen LogP contribution in [0.15, 0.2) is 66.0 Å². The van der Waals surface area contributed by atoms with Gasteiger partial charge in [0, 0.05) is 24.9 Å². The van der Waals surface area contributed by atoms with Crippen molar-refractivity contribution in [1.82, 2.24) is 10.2 Å². The maximum absolute atomic E-state index is 13.2. The second-order valence-corrected chi connectivity index (χ2v) is 10.1. The Morgan fingerprint density at radius 2 is 1.62 bits per heavy atom. The first-order valence-electron chi connectivity index (χ1n) is 11.5. The van der Waals surface area contributed by atoms with Crippen LogP contribution in [0.3, 0.4) is 0 Å². The van der Waals surface area contributed by atoms with Crippen LogP contribution in [0.1, 0.15) is 63.0 Å². The number of carbonyl (C=O) groups is 2. The van der Waals surface area contributed by atoms with Gasteiger partial charge in [0.05, 0.1) is 4.88 Å². The Morgan fingerprint density at radius 3 is 2.28 bits per heavy atom. The van der Waals surface area contributed by atoms with Gasteiger partial charge in [0.25, 0.3) is 5.91 Å². The van der Waals surface area contributed by atoms with Crippen molar-refractivity contribution in [3.05, 3.63) is 93.2 Å². The maximum atomic E-state index is 13.2. The average molecular weight is 443 g/mol. The van der Waals surface area contributed by atoms with Crippen LogP contribution in [0.2, 0.25) is 0 Å². The van der Waals surface area contributed by atoms with Gasteiger partial charge >= 0.3 is 0 Å². The van der Waals surface area contributed by atoms with Gasteiger partial charge in [-0.15, -0.1) is 11.3 Å². The normalized spacial score (nSPS) is 25.3. The Bertz CT molecular complexity index is 1120. The first-order valence-corrected chi connectivity index (χ1v) is 12.4. The van der Waals surface area contributed by atoms with Crippen LogP contribution >= 0.6 is 11.3 Å². The highest BCUT2D eigenvalue weighted by Crippen LogP contribution is 2.55. The van der Waals surface area contributed by atoms with Crippen molar-refractivity contribution >= 4 is 23.2 Å². The molecule has 2 heterocycles. The molecule has 0 radical (unpaired) electrons. The van der Waals surface area contributed by atoms with Crippen LogP contribution in [0, 0.1) is 5.92 Å². The summed E-state index contributed by atoms with van der Waals surface area (Å²) in [5.74, 6) is 1.07. The summed E-state index contributed by atoms with van der Waals surface area (Å²) < 4.78 is 0. The van der Waals surface area contributed by atoms with E-state index >= 15 is 0 Å². The third-order valence-electron chi connectivity index (χ3n) is 7.51. The molecule has 2 amide bonds. The van der Waals surface area contributed by atoms with E-state index < -0.39 is 0 Å². The molecule has 2 atom stereocenters. The number of likely N-dealkylation sites (tertiary alicyclic amines) is 1. The topological polar surface area (TPSA) is 49.4 Å². The highest BCUT2D eigenvalue weighted by atomic mass is 32.1. The predicted molar refractivity (Wildman–Crippen MR) is 126 cm³/mol. The molecule has 1 aliphatic heterocycles. The van der Waals surface area contributed by atoms with Crippen molar-refractivity contribution in [3.63, 3.8) is 0 Å². The highest BCUT2D eigenvalue weighted by molar-refractivity contribution is 7.12. The van der Waals surface area contributed by atoms with Gasteiger partial charge in [0.1, 0.15) is 6.04 Å². The lowest BCUT2D eigenvalue weighted by Crippen LogP contribution is -2.48. The molecule has 0 saturated carbocycles. The number of hydrogen-bond donors (Lipinski definition) is 1. The average Bonchev–Trinajstić information content (AvgIpc) is 3.55. The minimum Gasteiger partial charge on any atom is -0.354 e. The molecule has 3 aliphatic carbocycles. The van der Waals surface area contributed by atoms with Crippen LogP contribution < -0.4 is 5.32 Å². The van der Waals surface area contributed by atoms with E-state index in [-0.39, 0.29) is 17.9 Å². The zero-order chi connectivity index (χ0) is 21.7. The van der Waals surface area contributed by atoms with Gasteiger partial charge in [0.15, 0.2) is 0 Å². The molecular weight excluding hydrogens is 416 g/mol. The monoisotopic (exact) mass is 442 g/mol. The first-order chi connectivity index (χ1) is 15.7. The number of benzene rings is 2. The summed E-state index contributed by atoms with van der Waals surface area (Å²) in [6.45, 7) is 1.31. The molecule has 4 aliphatic rings. The Kier molecular flexibility index (Phi) is 4.87. The predicted octanol–water partition coefficient (Wildman–Crippen LogP) is 4.77. The minimum absolute atomic E-state index is 0.00424. The van der Waals surface area contributed by atoms with E-state index in [2.05, 4.69) is 53.8 Å². The van der Waals surface area contributed by atoms with E-state index in [1.807, 2.05) is 17.5 Å². The molecule has 2 aromatic carbocycles. The molecule has 7 rings (SSSR count). The second-order valence-electron chi connectivity index (χ2n) is 9.16. The molecule has 1 N–H and O–H groups in total. The Hall–Kier alpha value is -2.92. The summed E-state index contributed by atoms with van der Waals surface area (Å²) in [7, 11) is 0. The third-order valence-corrected chi connectivity index (χ3v) is 8.37. The van der Waals surface area contributed by atoms with Crippen LogP contribution in [0.4, 0.5) is 0 Å². The van der Waals surface area contributed by atoms with Gasteiger partial charge in [0.2, 0.25) is 5.91 Å². The molecule has 0 spiro atoms. The van der Waals surface area contributed by atoms with Crippen molar-refractivity contribution in [3.8, 4) is 0 Å². The van der Waals surface area contributed by atoms with Gasteiger partial charge in [-0.25, -0.2) is 0 Å². The van der Waals surface area contributed by atoms with Crippen molar-refractivity contribution in [2.24, 2.45) is 5.92 Å². The fourth-order valence-electron chi connectivity index (χ4n) is 6.13. The third kappa shape index (κ3) is 3.10. The summed E-state index contributed by atoms with van der Waals surface area (Å²) in [6.07, 6.45) is 2.68. The quantitative estimate of drug-likeness (QED) is 0.633. The summed E-state index contributed by atoms with van der Waals surface area (Å²) in [6, 6.07) is 21.0. The number of nitrogens with one attached hydrogen (secondary N) is 1. The van der Waals surface area contributed by atoms with E-state index in [4.69, 9.17) is 0 Å². The molecule has 1 saturated heterocycles. The highest BCUT2D eigenvalue weighted by Gasteiger charge is 2.43. The molecule has 2 bridgehead atoms. The first kappa shape index (κ1) is 19.7. The number of nitrogens with zero attached hydrogens (tertiary/aromatic N) is 1. The van der Waals surface area contributed by atoms with E-state index in [1.54, 1.807) is 4.90 Å². The summed E-state index contributed by atoms with van der Waals surface area (Å²) in [4.78, 5) is 28.5. The Labute approximate surface area is 192 Å². The molecule has 1 fully saturated rings. The molecule has 4 nitrogen and oxygen atoms in total. The van der Waals surface area contributed by atoms with Crippen LogP contribution in [0.25, 0.3) is 0 Å². The molecule has 32 heavy (non-hydrogen) atoms. The largest absolute Gasteiger partial charge is 0.354 e. The number of fused-ring (bicyclic) bond motifs is 1. The minimum atomic E-state index is -0.357. The smallest absolute Gasteiger partial charge is 0.264 e. The SMILES string of the molecule is O=C(NCC1CC2c3ccccc3C1c1ccccc12)[C@@H]1CCCN1C(=O)c1cccs1. The van der Waals surface area contributed by atoms with Gasteiger partial charge in [-0.1, -0.05) is 54.6 Å². The zero-order valence-corrected chi connectivity index (χ0v) is 18.7.